The van der Waals surface area contributed by atoms with Crippen LogP contribution in [0.15, 0.2) is 23.8 Å². The summed E-state index contributed by atoms with van der Waals surface area (Å²) in [7, 11) is 0. The maximum atomic E-state index is 12.9. The van der Waals surface area contributed by atoms with E-state index in [-0.39, 0.29) is 18.0 Å². The quantitative estimate of drug-likeness (QED) is 0.0278. The van der Waals surface area contributed by atoms with E-state index >= 15 is 0 Å². The molecule has 0 radical (unpaired) electrons. The summed E-state index contributed by atoms with van der Waals surface area (Å²) in [6.45, 7) is 4.22. The Balaban J connectivity index is 2.45. The molecule has 0 unspecified atom stereocenters. The summed E-state index contributed by atoms with van der Waals surface area (Å²) in [6.07, 6.45) is 31.8. The Hall–Kier alpha value is -1.29. The second-order valence-electron chi connectivity index (χ2n) is 14.7. The van der Waals surface area contributed by atoms with Gasteiger partial charge in [-0.2, -0.15) is 0 Å². The number of carbonyl (C=O) groups is 1. The highest BCUT2D eigenvalue weighted by Gasteiger charge is 2.37. The van der Waals surface area contributed by atoms with Gasteiger partial charge in [0.25, 0.3) is 0 Å². The van der Waals surface area contributed by atoms with E-state index in [0.717, 1.165) is 32.1 Å². The molecule has 0 aliphatic heterocycles. The predicted molar refractivity (Wildman–Crippen MR) is 203 cm³/mol. The molecule has 0 spiro atoms. The topological polar surface area (TPSA) is 142 Å². The first-order valence-corrected chi connectivity index (χ1v) is 20.6. The third kappa shape index (κ3) is 23.0. The minimum atomic E-state index is -1.44. The lowest BCUT2D eigenvalue weighted by Gasteiger charge is -2.35. The lowest BCUT2D eigenvalue weighted by atomic mass is 9.88. The van der Waals surface area contributed by atoms with Crippen molar-refractivity contribution >= 4 is 5.91 Å². The van der Waals surface area contributed by atoms with Crippen LogP contribution in [0.4, 0.5) is 0 Å². The van der Waals surface area contributed by atoms with Gasteiger partial charge in [-0.25, -0.2) is 0 Å². The number of nitrogens with one attached hydrogen (secondary N) is 2. The van der Waals surface area contributed by atoms with E-state index < -0.39 is 43.1 Å². The molecule has 0 heterocycles. The number of allylic oxidation sites excluding steroid dienone is 1. The van der Waals surface area contributed by atoms with Crippen LogP contribution in [0.5, 0.6) is 0 Å². The van der Waals surface area contributed by atoms with E-state index in [9.17, 15) is 30.3 Å². The van der Waals surface area contributed by atoms with Crippen LogP contribution >= 0.6 is 0 Å². The highest BCUT2D eigenvalue weighted by Crippen LogP contribution is 2.20. The zero-order valence-electron chi connectivity index (χ0n) is 31.6. The van der Waals surface area contributed by atoms with Crippen LogP contribution in [0.25, 0.3) is 0 Å². The van der Waals surface area contributed by atoms with Crippen molar-refractivity contribution in [1.82, 2.24) is 10.6 Å². The number of rotatable bonds is 33. The summed E-state index contributed by atoms with van der Waals surface area (Å²) in [6, 6.07) is -1.38. The van der Waals surface area contributed by atoms with Crippen LogP contribution in [0.1, 0.15) is 181 Å². The highest BCUT2D eigenvalue weighted by atomic mass is 16.4. The fraction of sp³-hybridized carbons (Fsp3) is 0.878. The standard InChI is InChI=1S/C41H78N2O6/c1-3-5-7-9-11-13-15-17-19-21-23-25-27-29-37(45)36(32-42-35-31-34(33-44)39(47)41(49)40(35)48)43-38(46)30-28-26-24-22-20-18-16-14-12-10-8-6-4-2/h27,29,31,35-37,39-42,44-45,47-49H,3-26,28,30,32-33H2,1-2H3,(H,43,46)/b29-27+/t35-,36+,37-,39-,40+,41+/m1/s1. The van der Waals surface area contributed by atoms with Crippen LogP contribution in [-0.2, 0) is 4.79 Å². The van der Waals surface area contributed by atoms with Crippen LogP contribution in [0, 0.1) is 0 Å². The van der Waals surface area contributed by atoms with Gasteiger partial charge in [0, 0.05) is 13.0 Å². The van der Waals surface area contributed by atoms with Gasteiger partial charge < -0.3 is 36.2 Å². The monoisotopic (exact) mass is 695 g/mol. The maximum Gasteiger partial charge on any atom is 0.220 e. The molecular formula is C41H78N2O6. The molecule has 0 aromatic heterocycles. The molecule has 0 aromatic carbocycles. The third-order valence-corrected chi connectivity index (χ3v) is 10.1. The first kappa shape index (κ1) is 45.7. The summed E-state index contributed by atoms with van der Waals surface area (Å²) in [5, 5.41) is 57.6. The summed E-state index contributed by atoms with van der Waals surface area (Å²) in [5.41, 5.74) is 0.228. The minimum absolute atomic E-state index is 0.112. The predicted octanol–water partition coefficient (Wildman–Crippen LogP) is 7.54. The molecule has 8 heteroatoms. The Morgan fingerprint density at radius 3 is 1.61 bits per heavy atom. The number of aliphatic hydroxyl groups excluding tert-OH is 5. The van der Waals surface area contributed by atoms with E-state index in [1.807, 2.05) is 6.08 Å². The smallest absolute Gasteiger partial charge is 0.220 e. The molecule has 0 aromatic rings. The van der Waals surface area contributed by atoms with Crippen molar-refractivity contribution in [2.75, 3.05) is 13.2 Å². The van der Waals surface area contributed by atoms with Crippen LogP contribution in [0.3, 0.4) is 0 Å². The largest absolute Gasteiger partial charge is 0.392 e. The number of aliphatic hydroxyl groups is 5. The normalized spacial score (nSPS) is 20.8. The van der Waals surface area contributed by atoms with Gasteiger partial charge in [0.2, 0.25) is 5.91 Å². The SMILES string of the molecule is CCCCCCCCCCCCC/C=C/[C@@H](O)[C@H](CN[C@@H]1C=C(CO)[C@@H](O)[C@H](O)[C@H]1O)NC(=O)CCCCCCCCCCCCCCC. The van der Waals surface area contributed by atoms with Gasteiger partial charge in [-0.3, -0.25) is 4.79 Å². The Morgan fingerprint density at radius 1 is 0.694 bits per heavy atom. The Morgan fingerprint density at radius 2 is 1.14 bits per heavy atom. The molecule has 288 valence electrons. The second-order valence-corrected chi connectivity index (χ2v) is 14.7. The number of amides is 1. The molecule has 1 aliphatic rings. The van der Waals surface area contributed by atoms with Gasteiger partial charge in [-0.05, 0) is 24.8 Å². The molecule has 8 nitrogen and oxygen atoms in total. The van der Waals surface area contributed by atoms with E-state index in [2.05, 4.69) is 24.5 Å². The average Bonchev–Trinajstić information content (AvgIpc) is 3.10. The van der Waals surface area contributed by atoms with Gasteiger partial charge in [-0.1, -0.05) is 173 Å². The van der Waals surface area contributed by atoms with E-state index in [0.29, 0.717) is 6.42 Å². The zero-order chi connectivity index (χ0) is 36.0. The Bertz CT molecular complexity index is 837. The lowest BCUT2D eigenvalue weighted by Crippen LogP contribution is -2.57. The van der Waals surface area contributed by atoms with Crippen molar-refractivity contribution in [1.29, 1.82) is 0 Å². The van der Waals surface area contributed by atoms with Crippen molar-refractivity contribution < 1.29 is 30.3 Å². The van der Waals surface area contributed by atoms with E-state index in [1.54, 1.807) is 6.08 Å². The molecule has 1 rings (SSSR count). The molecule has 7 N–H and O–H groups in total. The fourth-order valence-corrected chi connectivity index (χ4v) is 6.77. The Kier molecular flexibility index (Phi) is 29.3. The zero-order valence-corrected chi connectivity index (χ0v) is 31.6. The number of carbonyl (C=O) groups excluding carboxylic acids is 1. The van der Waals surface area contributed by atoms with Gasteiger partial charge in [0.05, 0.1) is 24.8 Å². The molecule has 0 fully saturated rings. The van der Waals surface area contributed by atoms with Crippen molar-refractivity contribution in [2.45, 2.75) is 217 Å². The first-order valence-electron chi connectivity index (χ1n) is 20.6. The molecular weight excluding hydrogens is 616 g/mol. The number of hydrogen-bond donors (Lipinski definition) is 7. The summed E-state index contributed by atoms with van der Waals surface area (Å²) >= 11 is 0. The molecule has 0 saturated carbocycles. The summed E-state index contributed by atoms with van der Waals surface area (Å²) in [4.78, 5) is 12.9. The molecule has 49 heavy (non-hydrogen) atoms. The van der Waals surface area contributed by atoms with Crippen LogP contribution in [0.2, 0.25) is 0 Å². The minimum Gasteiger partial charge on any atom is -0.392 e. The van der Waals surface area contributed by atoms with Gasteiger partial charge in [-0.15, -0.1) is 0 Å². The average molecular weight is 695 g/mol. The molecule has 1 amide bonds. The van der Waals surface area contributed by atoms with E-state index in [4.69, 9.17) is 0 Å². The Labute approximate surface area is 300 Å². The van der Waals surface area contributed by atoms with Gasteiger partial charge in [0.15, 0.2) is 0 Å². The third-order valence-electron chi connectivity index (χ3n) is 10.1. The van der Waals surface area contributed by atoms with Crippen LogP contribution < -0.4 is 10.6 Å². The molecule has 0 saturated heterocycles. The molecule has 6 atom stereocenters. The molecule has 1 aliphatic carbocycles. The van der Waals surface area contributed by atoms with Crippen molar-refractivity contribution in [3.05, 3.63) is 23.8 Å². The first-order chi connectivity index (χ1) is 23.8. The van der Waals surface area contributed by atoms with Gasteiger partial charge >= 0.3 is 0 Å². The number of unbranched alkanes of at least 4 members (excludes halogenated alkanes) is 23. The maximum absolute atomic E-state index is 12.9. The second kappa shape index (κ2) is 31.4. The highest BCUT2D eigenvalue weighted by molar-refractivity contribution is 5.76. The van der Waals surface area contributed by atoms with Crippen LogP contribution in [-0.4, -0.2) is 81.1 Å². The van der Waals surface area contributed by atoms with Gasteiger partial charge in [0.1, 0.15) is 18.3 Å². The lowest BCUT2D eigenvalue weighted by molar-refractivity contribution is -0.122. The summed E-state index contributed by atoms with van der Waals surface area (Å²) in [5.74, 6) is -0.112. The number of hydrogen-bond acceptors (Lipinski definition) is 7. The van der Waals surface area contributed by atoms with Crippen molar-refractivity contribution in [3.63, 3.8) is 0 Å². The molecule has 0 bridgehead atoms. The fourth-order valence-electron chi connectivity index (χ4n) is 6.77. The van der Waals surface area contributed by atoms with Crippen molar-refractivity contribution in [3.8, 4) is 0 Å². The van der Waals surface area contributed by atoms with E-state index in [1.165, 1.54) is 134 Å². The van der Waals surface area contributed by atoms with Crippen molar-refractivity contribution in [2.24, 2.45) is 0 Å². The summed E-state index contributed by atoms with van der Waals surface area (Å²) < 4.78 is 0.